The number of amides is 1. The van der Waals surface area contributed by atoms with Gasteiger partial charge in [0.25, 0.3) is 0 Å². The molecule has 1 aliphatic rings. The lowest BCUT2D eigenvalue weighted by atomic mass is 10.0. The lowest BCUT2D eigenvalue weighted by Crippen LogP contribution is -2.48. The van der Waals surface area contributed by atoms with Gasteiger partial charge in [-0.25, -0.2) is 4.98 Å². The third kappa shape index (κ3) is 5.46. The molecule has 1 atom stereocenters. The summed E-state index contributed by atoms with van der Waals surface area (Å²) in [6.07, 6.45) is 6.95. The Morgan fingerprint density at radius 2 is 2.04 bits per heavy atom. The van der Waals surface area contributed by atoms with Crippen LogP contribution in [0.15, 0.2) is 43.0 Å². The summed E-state index contributed by atoms with van der Waals surface area (Å²) in [6.45, 7) is 5.29. The van der Waals surface area contributed by atoms with E-state index < -0.39 is 0 Å². The van der Waals surface area contributed by atoms with E-state index in [-0.39, 0.29) is 36.8 Å². The molecule has 3 rings (SSSR count). The molecule has 1 fully saturated rings. The molecule has 0 aliphatic carbocycles. The van der Waals surface area contributed by atoms with Crippen LogP contribution in [-0.4, -0.2) is 40.0 Å². The largest absolute Gasteiger partial charge is 0.337 e. The van der Waals surface area contributed by atoms with Gasteiger partial charge < -0.3 is 14.8 Å². The van der Waals surface area contributed by atoms with Gasteiger partial charge in [0.05, 0.1) is 12.4 Å². The van der Waals surface area contributed by atoms with Crippen LogP contribution in [0.5, 0.6) is 0 Å². The number of carbonyl (C=O) groups excluding carboxylic acids is 1. The van der Waals surface area contributed by atoms with Gasteiger partial charge in [-0.15, -0.1) is 24.8 Å². The molecule has 138 valence electrons. The number of piperazine rings is 1. The van der Waals surface area contributed by atoms with E-state index in [2.05, 4.69) is 41.5 Å². The molecule has 5 nitrogen and oxygen atoms in total. The number of hydrogen-bond acceptors (Lipinski definition) is 3. The second-order valence-corrected chi connectivity index (χ2v) is 5.95. The molecule has 1 aliphatic heterocycles. The molecule has 0 spiro atoms. The highest BCUT2D eigenvalue weighted by Crippen LogP contribution is 2.23. The number of aromatic nitrogens is 2. The van der Waals surface area contributed by atoms with Crippen molar-refractivity contribution in [3.8, 4) is 0 Å². The second kappa shape index (κ2) is 10.4. The van der Waals surface area contributed by atoms with Gasteiger partial charge in [0.15, 0.2) is 0 Å². The molecule has 1 N–H and O–H groups in total. The van der Waals surface area contributed by atoms with Crippen LogP contribution in [0.2, 0.25) is 0 Å². The van der Waals surface area contributed by atoms with E-state index in [0.29, 0.717) is 13.0 Å². The number of benzene rings is 1. The van der Waals surface area contributed by atoms with Crippen LogP contribution in [-0.2, 0) is 17.8 Å². The molecule has 1 aromatic carbocycles. The van der Waals surface area contributed by atoms with E-state index in [4.69, 9.17) is 0 Å². The number of aryl methyl sites for hydroxylation is 2. The Hall–Kier alpha value is -1.56. The Balaban J connectivity index is 0.00000156. The number of rotatable bonds is 5. The van der Waals surface area contributed by atoms with Crippen molar-refractivity contribution in [2.24, 2.45) is 0 Å². The van der Waals surface area contributed by atoms with E-state index in [1.54, 1.807) is 12.5 Å². The molecule has 0 radical (unpaired) electrons. The Bertz CT molecular complexity index is 631. The number of carbonyl (C=O) groups is 1. The van der Waals surface area contributed by atoms with Gasteiger partial charge in [0, 0.05) is 45.0 Å². The van der Waals surface area contributed by atoms with Gasteiger partial charge >= 0.3 is 0 Å². The van der Waals surface area contributed by atoms with Crippen LogP contribution in [0.4, 0.5) is 0 Å². The quantitative estimate of drug-likeness (QED) is 0.861. The topological polar surface area (TPSA) is 50.2 Å². The van der Waals surface area contributed by atoms with Crippen LogP contribution in [0.3, 0.4) is 0 Å². The molecular formula is C18H26Cl2N4O. The SMILES string of the molecule is CCc1ccc(C2CNCCN2C(=O)CCn2ccnc2)cc1.Cl.Cl. The second-order valence-electron chi connectivity index (χ2n) is 5.95. The van der Waals surface area contributed by atoms with E-state index in [1.165, 1.54) is 11.1 Å². The Labute approximate surface area is 161 Å². The normalized spacial score (nSPS) is 16.7. The third-order valence-electron chi connectivity index (χ3n) is 4.48. The van der Waals surface area contributed by atoms with Crippen molar-refractivity contribution >= 4 is 30.7 Å². The summed E-state index contributed by atoms with van der Waals surface area (Å²) in [5.74, 6) is 0.213. The van der Waals surface area contributed by atoms with E-state index in [1.807, 2.05) is 15.7 Å². The molecule has 7 heteroatoms. The Kier molecular flexibility index (Phi) is 8.97. The standard InChI is InChI=1S/C18H24N4O.2ClH/c1-2-15-3-5-16(6-4-15)17-13-19-9-12-22(17)18(23)7-10-21-11-8-20-14-21;;/h3-6,8,11,14,17,19H,2,7,9-10,12-13H2,1H3;2*1H. The average Bonchev–Trinajstić information content (AvgIpc) is 3.13. The van der Waals surface area contributed by atoms with Crippen LogP contribution in [0, 0.1) is 0 Å². The predicted octanol–water partition coefficient (Wildman–Crippen LogP) is 2.85. The highest BCUT2D eigenvalue weighted by atomic mass is 35.5. The highest BCUT2D eigenvalue weighted by Gasteiger charge is 2.27. The van der Waals surface area contributed by atoms with E-state index >= 15 is 0 Å². The zero-order valence-corrected chi connectivity index (χ0v) is 16.1. The number of nitrogens with zero attached hydrogens (tertiary/aromatic N) is 3. The van der Waals surface area contributed by atoms with Gasteiger partial charge in [0.2, 0.25) is 5.91 Å². The molecule has 2 heterocycles. The lowest BCUT2D eigenvalue weighted by Gasteiger charge is -2.36. The fourth-order valence-corrected chi connectivity index (χ4v) is 3.06. The summed E-state index contributed by atoms with van der Waals surface area (Å²) in [5.41, 5.74) is 2.54. The maximum Gasteiger partial charge on any atom is 0.224 e. The first-order valence-electron chi connectivity index (χ1n) is 8.32. The fourth-order valence-electron chi connectivity index (χ4n) is 3.06. The minimum absolute atomic E-state index is 0. The Morgan fingerprint density at radius 3 is 2.68 bits per heavy atom. The summed E-state index contributed by atoms with van der Waals surface area (Å²) in [6, 6.07) is 8.78. The van der Waals surface area contributed by atoms with Crippen molar-refractivity contribution in [1.82, 2.24) is 19.8 Å². The third-order valence-corrected chi connectivity index (χ3v) is 4.48. The maximum absolute atomic E-state index is 12.7. The molecule has 1 saturated heterocycles. The summed E-state index contributed by atoms with van der Waals surface area (Å²) >= 11 is 0. The average molecular weight is 385 g/mol. The lowest BCUT2D eigenvalue weighted by molar-refractivity contribution is -0.134. The summed E-state index contributed by atoms with van der Waals surface area (Å²) in [7, 11) is 0. The summed E-state index contributed by atoms with van der Waals surface area (Å²) < 4.78 is 1.95. The minimum atomic E-state index is 0. The van der Waals surface area contributed by atoms with Gasteiger partial charge in [-0.1, -0.05) is 31.2 Å². The summed E-state index contributed by atoms with van der Waals surface area (Å²) in [4.78, 5) is 18.7. The van der Waals surface area contributed by atoms with Crippen molar-refractivity contribution in [2.75, 3.05) is 19.6 Å². The van der Waals surface area contributed by atoms with Crippen molar-refractivity contribution in [3.63, 3.8) is 0 Å². The molecule has 2 aromatic rings. The molecule has 0 bridgehead atoms. The highest BCUT2D eigenvalue weighted by molar-refractivity contribution is 5.85. The monoisotopic (exact) mass is 384 g/mol. The first kappa shape index (κ1) is 21.5. The van der Waals surface area contributed by atoms with Crippen LogP contribution >= 0.6 is 24.8 Å². The number of nitrogens with one attached hydrogen (secondary N) is 1. The molecule has 1 aromatic heterocycles. The summed E-state index contributed by atoms with van der Waals surface area (Å²) in [5, 5.41) is 3.41. The smallest absolute Gasteiger partial charge is 0.224 e. The van der Waals surface area contributed by atoms with E-state index in [9.17, 15) is 4.79 Å². The first-order valence-corrected chi connectivity index (χ1v) is 8.32. The zero-order valence-electron chi connectivity index (χ0n) is 14.4. The van der Waals surface area contributed by atoms with Gasteiger partial charge in [0.1, 0.15) is 0 Å². The van der Waals surface area contributed by atoms with Crippen molar-refractivity contribution in [1.29, 1.82) is 0 Å². The first-order chi connectivity index (χ1) is 11.3. The molecule has 0 saturated carbocycles. The van der Waals surface area contributed by atoms with E-state index in [0.717, 1.165) is 26.1 Å². The molecular weight excluding hydrogens is 359 g/mol. The molecule has 1 unspecified atom stereocenters. The van der Waals surface area contributed by atoms with Crippen molar-refractivity contribution < 1.29 is 4.79 Å². The Morgan fingerprint density at radius 1 is 1.28 bits per heavy atom. The van der Waals surface area contributed by atoms with Crippen molar-refractivity contribution in [3.05, 3.63) is 54.1 Å². The van der Waals surface area contributed by atoms with Crippen LogP contribution < -0.4 is 5.32 Å². The van der Waals surface area contributed by atoms with Crippen molar-refractivity contribution in [2.45, 2.75) is 32.4 Å². The number of hydrogen-bond donors (Lipinski definition) is 1. The number of imidazole rings is 1. The zero-order chi connectivity index (χ0) is 16.1. The fraction of sp³-hybridized carbons (Fsp3) is 0.444. The van der Waals surface area contributed by atoms with Gasteiger partial charge in [-0.2, -0.15) is 0 Å². The van der Waals surface area contributed by atoms with Gasteiger partial charge in [-0.05, 0) is 17.5 Å². The molecule has 25 heavy (non-hydrogen) atoms. The molecule has 1 amide bonds. The van der Waals surface area contributed by atoms with Gasteiger partial charge in [-0.3, -0.25) is 4.79 Å². The maximum atomic E-state index is 12.7. The van der Waals surface area contributed by atoms with Crippen LogP contribution in [0.25, 0.3) is 0 Å². The van der Waals surface area contributed by atoms with Crippen LogP contribution in [0.1, 0.15) is 30.5 Å². The number of halogens is 2. The minimum Gasteiger partial charge on any atom is -0.337 e. The predicted molar refractivity (Wildman–Crippen MR) is 104 cm³/mol.